The number of benzene rings is 1. The summed E-state index contributed by atoms with van der Waals surface area (Å²) in [5.74, 6) is -1.04. The third-order valence-corrected chi connectivity index (χ3v) is 3.73. The summed E-state index contributed by atoms with van der Waals surface area (Å²) in [6, 6.07) is 6.93. The molecule has 0 atom stereocenters. The molecule has 1 saturated heterocycles. The van der Waals surface area contributed by atoms with Crippen LogP contribution in [0, 0.1) is 6.92 Å². The zero-order valence-corrected chi connectivity index (χ0v) is 14.7. The Kier molecular flexibility index (Phi) is 5.26. The highest BCUT2D eigenvalue weighted by Crippen LogP contribution is 2.13. The molecule has 1 aromatic carbocycles. The molecule has 1 aliphatic rings. The summed E-state index contributed by atoms with van der Waals surface area (Å²) in [6.45, 7) is 8.74. The maximum absolute atomic E-state index is 12.3. The van der Waals surface area contributed by atoms with Crippen LogP contribution in [0.3, 0.4) is 0 Å². The molecule has 1 aromatic rings. The quantitative estimate of drug-likeness (QED) is 0.615. The van der Waals surface area contributed by atoms with Crippen molar-refractivity contribution in [3.63, 3.8) is 0 Å². The van der Waals surface area contributed by atoms with Crippen LogP contribution >= 0.6 is 0 Å². The minimum atomic E-state index is -0.550. The molecule has 0 saturated carbocycles. The van der Waals surface area contributed by atoms with E-state index in [1.54, 1.807) is 29.2 Å². The number of carbonyl (C=O) groups is 3. The van der Waals surface area contributed by atoms with Gasteiger partial charge in [0.15, 0.2) is 0 Å². The molecule has 1 heterocycles. The highest BCUT2D eigenvalue weighted by atomic mass is 16.6. The molecule has 2 rings (SSSR count). The van der Waals surface area contributed by atoms with Gasteiger partial charge in [0.05, 0.1) is 0 Å². The van der Waals surface area contributed by atoms with Gasteiger partial charge in [-0.05, 0) is 27.7 Å². The molecule has 2 amide bonds. The van der Waals surface area contributed by atoms with Crippen LogP contribution in [0.2, 0.25) is 0 Å². The molecule has 0 radical (unpaired) electrons. The molecule has 0 aliphatic carbocycles. The highest BCUT2D eigenvalue weighted by molar-refractivity contribution is 6.42. The van der Waals surface area contributed by atoms with E-state index < -0.39 is 17.3 Å². The molecular weight excluding hydrogens is 308 g/mol. The second kappa shape index (κ2) is 7.03. The second-order valence-corrected chi connectivity index (χ2v) is 6.95. The van der Waals surface area contributed by atoms with Crippen molar-refractivity contribution in [3.05, 3.63) is 35.4 Å². The molecule has 6 nitrogen and oxygen atoms in total. The van der Waals surface area contributed by atoms with Crippen LogP contribution in [0.5, 0.6) is 0 Å². The van der Waals surface area contributed by atoms with E-state index in [0.29, 0.717) is 31.7 Å². The maximum Gasteiger partial charge on any atom is 0.410 e. The standard InChI is InChI=1S/C18H24N2O4/c1-13-5-7-14(8-6-13)15(21)16(22)19-9-11-20(12-10-19)17(23)24-18(2,3)4/h5-8H,9-12H2,1-4H3. The van der Waals surface area contributed by atoms with Gasteiger partial charge in [0.1, 0.15) is 5.60 Å². The molecule has 0 aromatic heterocycles. The van der Waals surface area contributed by atoms with E-state index in [1.165, 1.54) is 4.90 Å². The SMILES string of the molecule is Cc1ccc(C(=O)C(=O)N2CCN(C(=O)OC(C)(C)C)CC2)cc1. The predicted octanol–water partition coefficient (Wildman–Crippen LogP) is 2.26. The van der Waals surface area contributed by atoms with Crippen molar-refractivity contribution in [2.75, 3.05) is 26.2 Å². The molecular formula is C18H24N2O4. The van der Waals surface area contributed by atoms with Crippen LogP contribution < -0.4 is 0 Å². The summed E-state index contributed by atoms with van der Waals surface area (Å²) in [6.07, 6.45) is -0.389. The van der Waals surface area contributed by atoms with Gasteiger partial charge < -0.3 is 14.5 Å². The first-order valence-electron chi connectivity index (χ1n) is 8.05. The predicted molar refractivity (Wildman–Crippen MR) is 89.9 cm³/mol. The lowest BCUT2D eigenvalue weighted by molar-refractivity contribution is -0.128. The Bertz CT molecular complexity index is 623. The van der Waals surface area contributed by atoms with Gasteiger partial charge in [-0.25, -0.2) is 4.79 Å². The Balaban J connectivity index is 1.92. The second-order valence-electron chi connectivity index (χ2n) is 6.95. The average Bonchev–Trinajstić information content (AvgIpc) is 2.53. The maximum atomic E-state index is 12.3. The first-order valence-corrected chi connectivity index (χ1v) is 8.05. The van der Waals surface area contributed by atoms with Crippen molar-refractivity contribution in [3.8, 4) is 0 Å². The number of piperazine rings is 1. The van der Waals surface area contributed by atoms with Gasteiger partial charge in [-0.1, -0.05) is 29.8 Å². The van der Waals surface area contributed by atoms with Gasteiger partial charge >= 0.3 is 6.09 Å². The topological polar surface area (TPSA) is 66.9 Å². The number of aryl methyl sites for hydroxylation is 1. The molecule has 1 aliphatic heterocycles. The van der Waals surface area contributed by atoms with Crippen molar-refractivity contribution >= 4 is 17.8 Å². The van der Waals surface area contributed by atoms with Crippen LogP contribution in [0.1, 0.15) is 36.7 Å². The Morgan fingerprint density at radius 2 is 1.42 bits per heavy atom. The van der Waals surface area contributed by atoms with E-state index in [9.17, 15) is 14.4 Å². The fraction of sp³-hybridized carbons (Fsp3) is 0.500. The molecule has 24 heavy (non-hydrogen) atoms. The van der Waals surface area contributed by atoms with Crippen LogP contribution in [0.15, 0.2) is 24.3 Å². The number of ketones is 1. The number of Topliss-reactive ketones (excluding diaryl/α,β-unsaturated/α-hetero) is 1. The molecule has 0 N–H and O–H groups in total. The number of rotatable bonds is 2. The Morgan fingerprint density at radius 3 is 1.92 bits per heavy atom. The van der Waals surface area contributed by atoms with Crippen LogP contribution in [-0.2, 0) is 9.53 Å². The average molecular weight is 332 g/mol. The zero-order chi connectivity index (χ0) is 17.9. The number of hydrogen-bond donors (Lipinski definition) is 0. The Hall–Kier alpha value is -2.37. The molecule has 0 unspecified atom stereocenters. The van der Waals surface area contributed by atoms with Crippen molar-refractivity contribution < 1.29 is 19.1 Å². The van der Waals surface area contributed by atoms with E-state index in [-0.39, 0.29) is 6.09 Å². The minimum absolute atomic E-state index is 0.329. The summed E-state index contributed by atoms with van der Waals surface area (Å²) >= 11 is 0. The Labute approximate surface area is 142 Å². The molecule has 0 bridgehead atoms. The number of nitrogens with zero attached hydrogens (tertiary/aromatic N) is 2. The van der Waals surface area contributed by atoms with Crippen molar-refractivity contribution in [1.29, 1.82) is 0 Å². The van der Waals surface area contributed by atoms with E-state index in [0.717, 1.165) is 5.56 Å². The van der Waals surface area contributed by atoms with E-state index >= 15 is 0 Å². The first-order chi connectivity index (χ1) is 11.2. The van der Waals surface area contributed by atoms with Crippen molar-refractivity contribution in [2.45, 2.75) is 33.3 Å². The molecule has 6 heteroatoms. The van der Waals surface area contributed by atoms with Crippen molar-refractivity contribution in [1.82, 2.24) is 9.80 Å². The summed E-state index contributed by atoms with van der Waals surface area (Å²) in [5, 5.41) is 0. The Morgan fingerprint density at radius 1 is 0.917 bits per heavy atom. The van der Waals surface area contributed by atoms with Gasteiger partial charge in [0, 0.05) is 31.7 Å². The minimum Gasteiger partial charge on any atom is -0.444 e. The third-order valence-electron chi connectivity index (χ3n) is 3.73. The van der Waals surface area contributed by atoms with Gasteiger partial charge in [0.25, 0.3) is 5.91 Å². The lowest BCUT2D eigenvalue weighted by Gasteiger charge is -2.35. The molecule has 130 valence electrons. The fourth-order valence-electron chi connectivity index (χ4n) is 2.39. The van der Waals surface area contributed by atoms with E-state index in [1.807, 2.05) is 27.7 Å². The van der Waals surface area contributed by atoms with Gasteiger partial charge in [-0.2, -0.15) is 0 Å². The highest BCUT2D eigenvalue weighted by Gasteiger charge is 2.30. The lowest BCUT2D eigenvalue weighted by atomic mass is 10.1. The number of amides is 2. The van der Waals surface area contributed by atoms with Crippen LogP contribution in [-0.4, -0.2) is 59.4 Å². The first kappa shape index (κ1) is 18.0. The molecule has 0 spiro atoms. The lowest BCUT2D eigenvalue weighted by Crippen LogP contribution is -2.53. The normalized spacial score (nSPS) is 15.2. The summed E-state index contributed by atoms with van der Waals surface area (Å²) in [7, 11) is 0. The number of ether oxygens (including phenoxy) is 1. The fourth-order valence-corrected chi connectivity index (χ4v) is 2.39. The third kappa shape index (κ3) is 4.57. The number of carbonyl (C=O) groups excluding carboxylic acids is 3. The zero-order valence-electron chi connectivity index (χ0n) is 14.7. The van der Waals surface area contributed by atoms with Crippen molar-refractivity contribution in [2.24, 2.45) is 0 Å². The monoisotopic (exact) mass is 332 g/mol. The largest absolute Gasteiger partial charge is 0.444 e. The van der Waals surface area contributed by atoms with E-state index in [2.05, 4.69) is 0 Å². The summed E-state index contributed by atoms with van der Waals surface area (Å²) < 4.78 is 5.32. The summed E-state index contributed by atoms with van der Waals surface area (Å²) in [4.78, 5) is 39.7. The summed E-state index contributed by atoms with van der Waals surface area (Å²) in [5.41, 5.74) is 0.871. The van der Waals surface area contributed by atoms with Gasteiger partial charge in [0.2, 0.25) is 5.78 Å². The number of hydrogen-bond acceptors (Lipinski definition) is 4. The van der Waals surface area contributed by atoms with E-state index in [4.69, 9.17) is 4.74 Å². The van der Waals surface area contributed by atoms with Gasteiger partial charge in [-0.15, -0.1) is 0 Å². The molecule has 1 fully saturated rings. The smallest absolute Gasteiger partial charge is 0.410 e. The van der Waals surface area contributed by atoms with Crippen LogP contribution in [0.4, 0.5) is 4.79 Å². The van der Waals surface area contributed by atoms with Gasteiger partial charge in [-0.3, -0.25) is 9.59 Å². The van der Waals surface area contributed by atoms with Crippen LogP contribution in [0.25, 0.3) is 0 Å².